The first-order valence-electron chi connectivity index (χ1n) is 5.61. The van der Waals surface area contributed by atoms with Crippen LogP contribution in [-0.2, 0) is 0 Å². The van der Waals surface area contributed by atoms with Gasteiger partial charge in [-0.15, -0.1) is 0 Å². The van der Waals surface area contributed by atoms with Crippen molar-refractivity contribution >= 4 is 11.5 Å². The molecular formula is C12H19N3. The fraction of sp³-hybridized carbons (Fsp3) is 0.583. The highest BCUT2D eigenvalue weighted by Gasteiger charge is 2.22. The number of nitrogens with two attached hydrogens (primary N) is 1. The van der Waals surface area contributed by atoms with Gasteiger partial charge in [-0.3, -0.25) is 0 Å². The van der Waals surface area contributed by atoms with Gasteiger partial charge in [0.1, 0.15) is 5.82 Å². The van der Waals surface area contributed by atoms with Crippen molar-refractivity contribution in [3.05, 3.63) is 18.3 Å². The maximum Gasteiger partial charge on any atom is 0.128 e. The highest BCUT2D eigenvalue weighted by Crippen LogP contribution is 2.24. The molecular weight excluding hydrogens is 186 g/mol. The molecule has 1 aliphatic rings. The van der Waals surface area contributed by atoms with Crippen LogP contribution in [0.2, 0.25) is 0 Å². The molecule has 2 atom stereocenters. The second-order valence-electron chi connectivity index (χ2n) is 4.80. The SMILES string of the molecule is CC1CC(C)CN(c2ccc(N)cn2)C1. The van der Waals surface area contributed by atoms with E-state index in [1.165, 1.54) is 6.42 Å². The lowest BCUT2D eigenvalue weighted by atomic mass is 9.92. The fourth-order valence-electron chi connectivity index (χ4n) is 2.43. The molecule has 2 heterocycles. The largest absolute Gasteiger partial charge is 0.397 e. The van der Waals surface area contributed by atoms with Crippen LogP contribution in [0.1, 0.15) is 20.3 Å². The molecule has 0 aliphatic carbocycles. The van der Waals surface area contributed by atoms with Crippen molar-refractivity contribution in [2.45, 2.75) is 20.3 Å². The zero-order valence-electron chi connectivity index (χ0n) is 9.48. The molecule has 0 saturated carbocycles. The third-order valence-corrected chi connectivity index (χ3v) is 2.96. The molecule has 0 amide bonds. The number of nitrogen functional groups attached to an aromatic ring is 1. The molecule has 1 aliphatic heterocycles. The first-order chi connectivity index (χ1) is 7.15. The predicted octanol–water partition coefficient (Wildman–Crippen LogP) is 2.15. The second-order valence-corrected chi connectivity index (χ2v) is 4.80. The molecule has 2 N–H and O–H groups in total. The van der Waals surface area contributed by atoms with Gasteiger partial charge < -0.3 is 10.6 Å². The summed E-state index contributed by atoms with van der Waals surface area (Å²) in [6.07, 6.45) is 3.06. The Bertz CT molecular complexity index is 310. The molecule has 2 unspecified atom stereocenters. The summed E-state index contributed by atoms with van der Waals surface area (Å²) in [4.78, 5) is 6.73. The molecule has 1 saturated heterocycles. The third-order valence-electron chi connectivity index (χ3n) is 2.96. The maximum atomic E-state index is 5.63. The van der Waals surface area contributed by atoms with Crippen LogP contribution in [0.4, 0.5) is 11.5 Å². The Morgan fingerprint density at radius 2 is 1.93 bits per heavy atom. The molecule has 0 bridgehead atoms. The Labute approximate surface area is 91.3 Å². The van der Waals surface area contributed by atoms with Crippen molar-refractivity contribution < 1.29 is 0 Å². The minimum Gasteiger partial charge on any atom is -0.397 e. The van der Waals surface area contributed by atoms with E-state index in [1.54, 1.807) is 6.20 Å². The highest BCUT2D eigenvalue weighted by molar-refractivity contribution is 5.46. The van der Waals surface area contributed by atoms with Crippen LogP contribution < -0.4 is 10.6 Å². The van der Waals surface area contributed by atoms with Crippen molar-refractivity contribution in [2.75, 3.05) is 23.7 Å². The molecule has 0 spiro atoms. The van der Waals surface area contributed by atoms with Crippen molar-refractivity contribution in [3.8, 4) is 0 Å². The number of nitrogens with zero attached hydrogens (tertiary/aromatic N) is 2. The number of pyridine rings is 1. The van der Waals surface area contributed by atoms with Crippen LogP contribution in [-0.4, -0.2) is 18.1 Å². The zero-order valence-corrected chi connectivity index (χ0v) is 9.48. The Kier molecular flexibility index (Phi) is 2.80. The van der Waals surface area contributed by atoms with Gasteiger partial charge in [-0.1, -0.05) is 13.8 Å². The average Bonchev–Trinajstić information content (AvgIpc) is 2.17. The van der Waals surface area contributed by atoms with E-state index < -0.39 is 0 Å². The summed E-state index contributed by atoms with van der Waals surface area (Å²) in [6, 6.07) is 3.94. The molecule has 1 aromatic heterocycles. The smallest absolute Gasteiger partial charge is 0.128 e. The van der Waals surface area contributed by atoms with Gasteiger partial charge in [0.25, 0.3) is 0 Å². The van der Waals surface area contributed by atoms with Crippen molar-refractivity contribution in [1.29, 1.82) is 0 Å². The number of hydrogen-bond donors (Lipinski definition) is 1. The minimum absolute atomic E-state index is 0.733. The van der Waals surface area contributed by atoms with E-state index >= 15 is 0 Å². The van der Waals surface area contributed by atoms with E-state index in [9.17, 15) is 0 Å². The first-order valence-corrected chi connectivity index (χ1v) is 5.61. The average molecular weight is 205 g/mol. The van der Waals surface area contributed by atoms with E-state index in [4.69, 9.17) is 5.73 Å². The lowest BCUT2D eigenvalue weighted by molar-refractivity contribution is 0.355. The summed E-state index contributed by atoms with van der Waals surface area (Å²) in [6.45, 7) is 6.84. The van der Waals surface area contributed by atoms with E-state index in [1.807, 2.05) is 12.1 Å². The lowest BCUT2D eigenvalue weighted by Crippen LogP contribution is -2.39. The van der Waals surface area contributed by atoms with E-state index in [-0.39, 0.29) is 0 Å². The molecule has 2 rings (SSSR count). The van der Waals surface area contributed by atoms with Gasteiger partial charge in [-0.25, -0.2) is 4.98 Å². The minimum atomic E-state index is 0.733. The Balaban J connectivity index is 2.12. The summed E-state index contributed by atoms with van der Waals surface area (Å²) in [5.41, 5.74) is 6.36. The summed E-state index contributed by atoms with van der Waals surface area (Å²) in [5, 5.41) is 0. The van der Waals surface area contributed by atoms with E-state index in [2.05, 4.69) is 23.7 Å². The van der Waals surface area contributed by atoms with Gasteiger partial charge >= 0.3 is 0 Å². The molecule has 1 fully saturated rings. The normalized spacial score (nSPS) is 26.7. The predicted molar refractivity (Wildman–Crippen MR) is 63.8 cm³/mol. The number of piperidine rings is 1. The maximum absolute atomic E-state index is 5.63. The van der Waals surface area contributed by atoms with Gasteiger partial charge in [0.15, 0.2) is 0 Å². The van der Waals surface area contributed by atoms with Crippen LogP contribution in [0.25, 0.3) is 0 Å². The molecule has 3 nitrogen and oxygen atoms in total. The number of aromatic nitrogens is 1. The second kappa shape index (κ2) is 4.09. The Morgan fingerprint density at radius 3 is 2.47 bits per heavy atom. The van der Waals surface area contributed by atoms with Gasteiger partial charge in [-0.2, -0.15) is 0 Å². The lowest BCUT2D eigenvalue weighted by Gasteiger charge is -2.35. The van der Waals surface area contributed by atoms with Crippen LogP contribution in [0.15, 0.2) is 18.3 Å². The summed E-state index contributed by atoms with van der Waals surface area (Å²) < 4.78 is 0. The van der Waals surface area contributed by atoms with Gasteiger partial charge in [0, 0.05) is 13.1 Å². The number of hydrogen-bond acceptors (Lipinski definition) is 3. The summed E-state index contributed by atoms with van der Waals surface area (Å²) in [7, 11) is 0. The van der Waals surface area contributed by atoms with Gasteiger partial charge in [0.2, 0.25) is 0 Å². The topological polar surface area (TPSA) is 42.1 Å². The molecule has 0 aromatic carbocycles. The fourth-order valence-corrected chi connectivity index (χ4v) is 2.43. The quantitative estimate of drug-likeness (QED) is 0.763. The van der Waals surface area contributed by atoms with Gasteiger partial charge in [-0.05, 0) is 30.4 Å². The Morgan fingerprint density at radius 1 is 1.27 bits per heavy atom. The van der Waals surface area contributed by atoms with E-state index in [0.717, 1.165) is 36.4 Å². The highest BCUT2D eigenvalue weighted by atomic mass is 15.2. The molecule has 15 heavy (non-hydrogen) atoms. The van der Waals surface area contributed by atoms with Crippen LogP contribution in [0.3, 0.4) is 0 Å². The molecule has 3 heteroatoms. The molecule has 1 aromatic rings. The van der Waals surface area contributed by atoms with Crippen LogP contribution >= 0.6 is 0 Å². The first kappa shape index (κ1) is 10.3. The van der Waals surface area contributed by atoms with Crippen LogP contribution in [0.5, 0.6) is 0 Å². The van der Waals surface area contributed by atoms with Gasteiger partial charge in [0.05, 0.1) is 11.9 Å². The molecule has 82 valence electrons. The van der Waals surface area contributed by atoms with Crippen LogP contribution in [0, 0.1) is 11.8 Å². The monoisotopic (exact) mass is 205 g/mol. The summed E-state index contributed by atoms with van der Waals surface area (Å²) >= 11 is 0. The zero-order chi connectivity index (χ0) is 10.8. The van der Waals surface area contributed by atoms with Crippen molar-refractivity contribution in [2.24, 2.45) is 11.8 Å². The number of rotatable bonds is 1. The standard InChI is InChI=1S/C12H19N3/c1-9-5-10(2)8-15(7-9)12-4-3-11(13)6-14-12/h3-4,6,9-10H,5,7-8,13H2,1-2H3. The van der Waals surface area contributed by atoms with E-state index in [0.29, 0.717) is 0 Å². The van der Waals surface area contributed by atoms with Crippen molar-refractivity contribution in [3.63, 3.8) is 0 Å². The number of anilines is 2. The Hall–Kier alpha value is -1.25. The van der Waals surface area contributed by atoms with Crippen molar-refractivity contribution in [1.82, 2.24) is 4.98 Å². The molecule has 0 radical (unpaired) electrons. The summed E-state index contributed by atoms with van der Waals surface area (Å²) in [5.74, 6) is 2.57. The third kappa shape index (κ3) is 2.41.